The molecule has 0 radical (unpaired) electrons. The third-order valence-electron chi connectivity index (χ3n) is 7.08. The van der Waals surface area contributed by atoms with Gasteiger partial charge in [0.1, 0.15) is 24.0 Å². The first-order valence-electron chi connectivity index (χ1n) is 12.2. The smallest absolute Gasteiger partial charge is 0.275 e. The molecule has 0 spiro atoms. The Balaban J connectivity index is 1.48. The second-order valence-corrected chi connectivity index (χ2v) is 9.87. The number of hydrogen-bond acceptors (Lipinski definition) is 6. The van der Waals surface area contributed by atoms with E-state index in [0.717, 1.165) is 18.4 Å². The Kier molecular flexibility index (Phi) is 5.68. The molecule has 0 aliphatic carbocycles. The van der Waals surface area contributed by atoms with Crippen LogP contribution in [0.5, 0.6) is 0 Å². The summed E-state index contributed by atoms with van der Waals surface area (Å²) in [5.41, 5.74) is 8.29. The summed E-state index contributed by atoms with van der Waals surface area (Å²) in [6.45, 7) is 0.311. The maximum absolute atomic E-state index is 15.5. The van der Waals surface area contributed by atoms with Crippen LogP contribution in [-0.4, -0.2) is 52.7 Å². The number of carbonyl (C=O) groups excluding carboxylic acids is 2. The molecule has 38 heavy (non-hydrogen) atoms. The molecular formula is C26H24ClFN8O2. The van der Waals surface area contributed by atoms with Gasteiger partial charge < -0.3 is 10.3 Å². The van der Waals surface area contributed by atoms with Crippen LogP contribution in [0.25, 0.3) is 32.8 Å². The van der Waals surface area contributed by atoms with Crippen molar-refractivity contribution in [3.05, 3.63) is 58.8 Å². The molecule has 0 bridgehead atoms. The fourth-order valence-electron chi connectivity index (χ4n) is 5.09. The van der Waals surface area contributed by atoms with Gasteiger partial charge >= 0.3 is 0 Å². The number of hydrazine groups is 1. The van der Waals surface area contributed by atoms with Crippen molar-refractivity contribution < 1.29 is 14.0 Å². The van der Waals surface area contributed by atoms with Crippen LogP contribution in [0.3, 0.4) is 0 Å². The second kappa shape index (κ2) is 8.95. The topological polar surface area (TPSA) is 115 Å². The van der Waals surface area contributed by atoms with Crippen LogP contribution in [0.2, 0.25) is 5.02 Å². The van der Waals surface area contributed by atoms with Crippen molar-refractivity contribution >= 4 is 62.1 Å². The van der Waals surface area contributed by atoms with Crippen LogP contribution in [0, 0.1) is 5.82 Å². The zero-order valence-electron chi connectivity index (χ0n) is 20.8. The maximum Gasteiger partial charge on any atom is 0.275 e. The van der Waals surface area contributed by atoms with Gasteiger partial charge in [-0.2, -0.15) is 5.10 Å². The molecule has 4 heterocycles. The number of halogens is 2. The lowest BCUT2D eigenvalue weighted by Gasteiger charge is -2.37. The molecule has 0 unspecified atom stereocenters. The first kappa shape index (κ1) is 24.1. The molecule has 10 nitrogen and oxygen atoms in total. The number of carbonyl (C=O) groups is 2. The predicted molar refractivity (Wildman–Crippen MR) is 142 cm³/mol. The van der Waals surface area contributed by atoms with Crippen molar-refractivity contribution in [2.24, 2.45) is 14.1 Å². The number of piperidine rings is 1. The zero-order chi connectivity index (χ0) is 26.7. The highest BCUT2D eigenvalue weighted by Gasteiger charge is 2.32. The van der Waals surface area contributed by atoms with E-state index in [1.54, 1.807) is 30.1 Å². The minimum atomic E-state index is -0.762. The molecule has 2 N–H and O–H groups in total. The monoisotopic (exact) mass is 534 g/mol. The van der Waals surface area contributed by atoms with Crippen molar-refractivity contribution in [3.63, 3.8) is 0 Å². The number of fused-ring (bicyclic) bond motifs is 4. The van der Waals surface area contributed by atoms with Gasteiger partial charge in [-0.15, -0.1) is 0 Å². The Morgan fingerprint density at radius 2 is 1.95 bits per heavy atom. The van der Waals surface area contributed by atoms with Crippen molar-refractivity contribution in [3.8, 4) is 0 Å². The van der Waals surface area contributed by atoms with E-state index in [9.17, 15) is 9.59 Å². The molecular weight excluding hydrogens is 511 g/mol. The maximum atomic E-state index is 15.5. The number of pyridine rings is 1. The molecule has 2 amide bonds. The lowest BCUT2D eigenvalue weighted by Crippen LogP contribution is -2.51. The van der Waals surface area contributed by atoms with Crippen LogP contribution in [0.1, 0.15) is 35.4 Å². The highest BCUT2D eigenvalue weighted by Crippen LogP contribution is 2.31. The van der Waals surface area contributed by atoms with Gasteiger partial charge in [-0.05, 0) is 37.1 Å². The summed E-state index contributed by atoms with van der Waals surface area (Å²) < 4.78 is 18.9. The normalized spacial score (nSPS) is 14.2. The molecule has 0 saturated carbocycles. The van der Waals surface area contributed by atoms with Crippen molar-refractivity contribution in [1.29, 1.82) is 0 Å². The number of hydrogen-bond donors (Lipinski definition) is 1. The molecule has 1 aliphatic rings. The lowest BCUT2D eigenvalue weighted by molar-refractivity contribution is -0.149. The Hall–Kier alpha value is -4.25. The molecule has 6 rings (SSSR count). The van der Waals surface area contributed by atoms with Crippen LogP contribution in [0.15, 0.2) is 36.5 Å². The van der Waals surface area contributed by atoms with Gasteiger partial charge in [-0.3, -0.25) is 19.3 Å². The summed E-state index contributed by atoms with van der Waals surface area (Å²) >= 11 is 6.15. The van der Waals surface area contributed by atoms with Crippen molar-refractivity contribution in [2.45, 2.75) is 25.8 Å². The van der Waals surface area contributed by atoms with E-state index < -0.39 is 11.7 Å². The average Bonchev–Trinajstić information content (AvgIpc) is 3.42. The molecule has 1 saturated heterocycles. The molecule has 194 valence electrons. The quantitative estimate of drug-likeness (QED) is 0.373. The molecule has 12 heteroatoms. The number of aryl methyl sites for hydroxylation is 2. The van der Waals surface area contributed by atoms with E-state index in [1.165, 1.54) is 22.2 Å². The highest BCUT2D eigenvalue weighted by atomic mass is 35.5. The van der Waals surface area contributed by atoms with Gasteiger partial charge in [0.25, 0.3) is 5.91 Å². The Morgan fingerprint density at radius 1 is 1.13 bits per heavy atom. The first-order valence-corrected chi connectivity index (χ1v) is 12.5. The van der Waals surface area contributed by atoms with Gasteiger partial charge in [0.15, 0.2) is 0 Å². The third-order valence-corrected chi connectivity index (χ3v) is 7.31. The summed E-state index contributed by atoms with van der Waals surface area (Å²) in [5.74, 6) is -0.865. The van der Waals surface area contributed by atoms with Gasteiger partial charge in [-0.1, -0.05) is 11.6 Å². The Labute approximate surface area is 221 Å². The number of anilines is 1. The van der Waals surface area contributed by atoms with E-state index in [-0.39, 0.29) is 23.8 Å². The second-order valence-electron chi connectivity index (χ2n) is 9.43. The number of imidazole rings is 1. The largest absolute Gasteiger partial charge is 0.383 e. The number of nitrogens with two attached hydrogens (primary N) is 1. The van der Waals surface area contributed by atoms with Crippen LogP contribution >= 0.6 is 11.6 Å². The van der Waals surface area contributed by atoms with Gasteiger partial charge in [0.05, 0.1) is 39.2 Å². The number of nitrogens with zero attached hydrogens (tertiary/aromatic N) is 7. The molecule has 5 aromatic rings. The number of benzene rings is 2. The predicted octanol–water partition coefficient (Wildman–Crippen LogP) is 3.95. The summed E-state index contributed by atoms with van der Waals surface area (Å²) in [5, 5.41) is 8.62. The zero-order valence-corrected chi connectivity index (χ0v) is 21.5. The number of rotatable bonds is 4. The SMILES string of the molecule is Cn1ncc2c(N)nc3cc(F)c(C(=O)N(Cc4nc5cc(Cl)ccc5n4C)N4CCCCC4=O)cc3c21. The summed E-state index contributed by atoms with van der Waals surface area (Å²) in [6, 6.07) is 7.99. The van der Waals surface area contributed by atoms with E-state index in [0.29, 0.717) is 51.1 Å². The van der Waals surface area contributed by atoms with E-state index >= 15 is 4.39 Å². The van der Waals surface area contributed by atoms with Gasteiger partial charge in [0.2, 0.25) is 5.91 Å². The molecule has 0 atom stereocenters. The fraction of sp³-hybridized carbons (Fsp3) is 0.269. The molecule has 2 aromatic carbocycles. The first-order chi connectivity index (χ1) is 18.2. The van der Waals surface area contributed by atoms with Gasteiger partial charge in [-0.25, -0.2) is 19.4 Å². The lowest BCUT2D eigenvalue weighted by atomic mass is 10.1. The average molecular weight is 535 g/mol. The molecule has 1 aliphatic heterocycles. The standard InChI is InChI=1S/C26H24ClFN8O2/c1-33-21-7-6-14(27)9-20(21)31-22(33)13-36(35-8-4-3-5-23(35)37)26(38)15-10-16-19(11-18(15)28)32-25(29)17-12-30-34(2)24(16)17/h6-7,9-12H,3-5,8,13H2,1-2H3,(H2,29,32). The Bertz CT molecular complexity index is 1780. The number of amides is 2. The van der Waals surface area contributed by atoms with Crippen LogP contribution < -0.4 is 5.73 Å². The third kappa shape index (κ3) is 3.81. The van der Waals surface area contributed by atoms with Gasteiger partial charge in [0, 0.05) is 43.5 Å². The minimum absolute atomic E-state index is 0.0358. The Morgan fingerprint density at radius 3 is 2.74 bits per heavy atom. The van der Waals surface area contributed by atoms with E-state index in [1.807, 2.05) is 17.7 Å². The van der Waals surface area contributed by atoms with E-state index in [2.05, 4.69) is 15.1 Å². The molecule has 1 fully saturated rings. The van der Waals surface area contributed by atoms with Crippen molar-refractivity contribution in [2.75, 3.05) is 12.3 Å². The fourth-order valence-corrected chi connectivity index (χ4v) is 5.26. The number of nitrogen functional groups attached to an aromatic ring is 1. The summed E-state index contributed by atoms with van der Waals surface area (Å²) in [4.78, 5) is 35.9. The minimum Gasteiger partial charge on any atom is -0.383 e. The van der Waals surface area contributed by atoms with E-state index in [4.69, 9.17) is 17.3 Å². The number of aromatic nitrogens is 5. The van der Waals surface area contributed by atoms with Crippen LogP contribution in [0.4, 0.5) is 10.2 Å². The summed E-state index contributed by atoms with van der Waals surface area (Å²) in [7, 11) is 3.56. The van der Waals surface area contributed by atoms with Crippen molar-refractivity contribution in [1.82, 2.24) is 34.3 Å². The van der Waals surface area contributed by atoms with Crippen LogP contribution in [-0.2, 0) is 25.4 Å². The highest BCUT2D eigenvalue weighted by molar-refractivity contribution is 6.31. The summed E-state index contributed by atoms with van der Waals surface area (Å²) in [6.07, 6.45) is 3.35. The molecule has 3 aromatic heterocycles.